The summed E-state index contributed by atoms with van der Waals surface area (Å²) in [6.07, 6.45) is 1.70. The zero-order valence-electron chi connectivity index (χ0n) is 13.7. The van der Waals surface area contributed by atoms with Crippen molar-refractivity contribution >= 4 is 48.5 Å². The molecule has 3 aromatic heterocycles. The van der Waals surface area contributed by atoms with E-state index < -0.39 is 0 Å². The van der Waals surface area contributed by atoms with Crippen LogP contribution in [0, 0.1) is 6.92 Å². The fourth-order valence-electron chi connectivity index (χ4n) is 2.48. The van der Waals surface area contributed by atoms with E-state index in [9.17, 15) is 4.79 Å². The summed E-state index contributed by atoms with van der Waals surface area (Å²) in [6, 6.07) is 13.0. The second-order valence-corrected chi connectivity index (χ2v) is 7.58. The van der Waals surface area contributed by atoms with Crippen molar-refractivity contribution in [2.24, 2.45) is 0 Å². The van der Waals surface area contributed by atoms with Gasteiger partial charge in [0.05, 0.1) is 28.1 Å². The lowest BCUT2D eigenvalue weighted by atomic mass is 10.3. The molecule has 4 rings (SSSR count). The Morgan fingerprint density at radius 1 is 1.27 bits per heavy atom. The van der Waals surface area contributed by atoms with Gasteiger partial charge in [-0.05, 0) is 37.3 Å². The van der Waals surface area contributed by atoms with Gasteiger partial charge in [-0.3, -0.25) is 14.7 Å². The van der Waals surface area contributed by atoms with E-state index in [1.807, 2.05) is 36.4 Å². The first-order valence-electron chi connectivity index (χ1n) is 7.81. The van der Waals surface area contributed by atoms with Gasteiger partial charge in [-0.1, -0.05) is 38.5 Å². The summed E-state index contributed by atoms with van der Waals surface area (Å²) in [5.74, 6) is -0.117. The summed E-state index contributed by atoms with van der Waals surface area (Å²) in [5.41, 5.74) is 2.25. The normalized spacial score (nSPS) is 11.0. The van der Waals surface area contributed by atoms with E-state index >= 15 is 0 Å². The number of amides is 1. The summed E-state index contributed by atoms with van der Waals surface area (Å²) < 4.78 is 7.12. The Morgan fingerprint density at radius 2 is 2.15 bits per heavy atom. The topological polar surface area (TPSA) is 72.1 Å². The van der Waals surface area contributed by atoms with E-state index in [0.29, 0.717) is 17.4 Å². The van der Waals surface area contributed by atoms with Gasteiger partial charge in [-0.25, -0.2) is 4.98 Å². The molecular formula is C18H13BrN4O2S. The van der Waals surface area contributed by atoms with E-state index in [1.165, 1.54) is 11.3 Å². The fraction of sp³-hybridized carbons (Fsp3) is 0.111. The van der Waals surface area contributed by atoms with Crippen LogP contribution in [-0.2, 0) is 6.54 Å². The van der Waals surface area contributed by atoms with E-state index in [2.05, 4.69) is 31.1 Å². The smallest absolute Gasteiger partial charge is 0.299 e. The van der Waals surface area contributed by atoms with Crippen LogP contribution < -0.4 is 4.90 Å². The second-order valence-electron chi connectivity index (χ2n) is 5.65. The lowest BCUT2D eigenvalue weighted by Gasteiger charge is -2.17. The van der Waals surface area contributed by atoms with Gasteiger partial charge >= 0.3 is 0 Å². The standard InChI is InChI=1S/C18H13BrN4O2S/c1-11-8-15(25-22-11)17(24)23(10-13-4-2-3-7-20-13)18-21-14-6-5-12(19)9-16(14)26-18/h2-9H,10H2,1H3. The quantitative estimate of drug-likeness (QED) is 0.474. The Morgan fingerprint density at radius 3 is 2.88 bits per heavy atom. The summed E-state index contributed by atoms with van der Waals surface area (Å²) in [7, 11) is 0. The van der Waals surface area contributed by atoms with E-state index in [-0.39, 0.29) is 11.7 Å². The molecule has 1 aromatic carbocycles. The van der Waals surface area contributed by atoms with Crippen LogP contribution >= 0.6 is 27.3 Å². The molecule has 0 fully saturated rings. The highest BCUT2D eigenvalue weighted by atomic mass is 79.9. The van der Waals surface area contributed by atoms with Crippen LogP contribution in [0.15, 0.2) is 57.7 Å². The molecule has 0 aliphatic rings. The molecule has 0 saturated heterocycles. The number of carbonyl (C=O) groups is 1. The molecule has 0 atom stereocenters. The molecule has 1 amide bonds. The molecule has 3 heterocycles. The van der Waals surface area contributed by atoms with Crippen LogP contribution in [0.5, 0.6) is 0 Å². The summed E-state index contributed by atoms with van der Waals surface area (Å²) in [4.78, 5) is 23.5. The van der Waals surface area contributed by atoms with E-state index in [4.69, 9.17) is 4.52 Å². The molecule has 0 aliphatic heterocycles. The van der Waals surface area contributed by atoms with Gasteiger partial charge in [-0.15, -0.1) is 0 Å². The average molecular weight is 429 g/mol. The first-order chi connectivity index (χ1) is 12.6. The number of anilines is 1. The van der Waals surface area contributed by atoms with Gasteiger partial charge in [0.25, 0.3) is 5.91 Å². The zero-order chi connectivity index (χ0) is 18.1. The van der Waals surface area contributed by atoms with Crippen LogP contribution in [0.2, 0.25) is 0 Å². The number of halogens is 1. The number of hydrogen-bond donors (Lipinski definition) is 0. The highest BCUT2D eigenvalue weighted by Crippen LogP contribution is 2.32. The van der Waals surface area contributed by atoms with Crippen molar-refractivity contribution in [3.8, 4) is 0 Å². The molecule has 0 aliphatic carbocycles. The molecule has 0 saturated carbocycles. The molecule has 8 heteroatoms. The number of nitrogens with zero attached hydrogens (tertiary/aromatic N) is 4. The Balaban J connectivity index is 1.76. The van der Waals surface area contributed by atoms with Crippen LogP contribution in [0.4, 0.5) is 5.13 Å². The Hall–Kier alpha value is -2.58. The van der Waals surface area contributed by atoms with Crippen molar-refractivity contribution in [2.75, 3.05) is 4.90 Å². The monoisotopic (exact) mass is 428 g/mol. The third-order valence-corrected chi connectivity index (χ3v) is 5.23. The lowest BCUT2D eigenvalue weighted by Crippen LogP contribution is -2.30. The highest BCUT2D eigenvalue weighted by molar-refractivity contribution is 9.10. The number of hydrogen-bond acceptors (Lipinski definition) is 6. The maximum Gasteiger partial charge on any atom is 0.299 e. The Labute approximate surface area is 161 Å². The number of pyridine rings is 1. The number of aromatic nitrogens is 3. The van der Waals surface area contributed by atoms with Crippen molar-refractivity contribution in [1.29, 1.82) is 0 Å². The molecule has 6 nitrogen and oxygen atoms in total. The molecule has 0 bridgehead atoms. The number of aryl methyl sites for hydroxylation is 1. The molecule has 0 radical (unpaired) electrons. The maximum absolute atomic E-state index is 13.0. The number of carbonyl (C=O) groups excluding carboxylic acids is 1. The molecular weight excluding hydrogens is 416 g/mol. The molecule has 26 heavy (non-hydrogen) atoms. The van der Waals surface area contributed by atoms with Gasteiger partial charge in [0, 0.05) is 16.7 Å². The van der Waals surface area contributed by atoms with Gasteiger partial charge in [-0.2, -0.15) is 0 Å². The largest absolute Gasteiger partial charge is 0.351 e. The third-order valence-electron chi connectivity index (χ3n) is 3.70. The Kier molecular flexibility index (Phi) is 4.52. The Bertz CT molecular complexity index is 1080. The average Bonchev–Trinajstić information content (AvgIpc) is 3.25. The van der Waals surface area contributed by atoms with Crippen molar-refractivity contribution in [2.45, 2.75) is 13.5 Å². The minimum atomic E-state index is -0.297. The minimum Gasteiger partial charge on any atom is -0.351 e. The van der Waals surface area contributed by atoms with Crippen molar-refractivity contribution < 1.29 is 9.32 Å². The maximum atomic E-state index is 13.0. The van der Waals surface area contributed by atoms with Crippen molar-refractivity contribution in [1.82, 2.24) is 15.1 Å². The lowest BCUT2D eigenvalue weighted by molar-refractivity contribution is 0.0949. The number of thiazole rings is 1. The van der Waals surface area contributed by atoms with Gasteiger partial charge in [0.15, 0.2) is 5.13 Å². The molecule has 4 aromatic rings. The zero-order valence-corrected chi connectivity index (χ0v) is 16.1. The number of fused-ring (bicyclic) bond motifs is 1. The highest BCUT2D eigenvalue weighted by Gasteiger charge is 2.25. The predicted octanol–water partition coefficient (Wildman–Crippen LogP) is 4.60. The summed E-state index contributed by atoms with van der Waals surface area (Å²) >= 11 is 4.91. The molecule has 0 spiro atoms. The van der Waals surface area contributed by atoms with E-state index in [0.717, 1.165) is 20.4 Å². The first-order valence-corrected chi connectivity index (χ1v) is 9.42. The third kappa shape index (κ3) is 3.38. The van der Waals surface area contributed by atoms with Gasteiger partial charge < -0.3 is 4.52 Å². The molecule has 0 N–H and O–H groups in total. The second kappa shape index (κ2) is 6.97. The van der Waals surface area contributed by atoms with Crippen LogP contribution in [0.3, 0.4) is 0 Å². The number of benzene rings is 1. The van der Waals surface area contributed by atoms with Crippen molar-refractivity contribution in [3.05, 3.63) is 70.3 Å². The van der Waals surface area contributed by atoms with Gasteiger partial charge in [0.1, 0.15) is 0 Å². The van der Waals surface area contributed by atoms with Crippen molar-refractivity contribution in [3.63, 3.8) is 0 Å². The fourth-order valence-corrected chi connectivity index (χ4v) is 3.99. The summed E-state index contributed by atoms with van der Waals surface area (Å²) in [5, 5.41) is 4.40. The number of rotatable bonds is 4. The SMILES string of the molecule is Cc1cc(C(=O)N(Cc2ccccn2)c2nc3ccc(Br)cc3s2)on1. The van der Waals surface area contributed by atoms with E-state index in [1.54, 1.807) is 24.1 Å². The van der Waals surface area contributed by atoms with Gasteiger partial charge in [0.2, 0.25) is 5.76 Å². The van der Waals surface area contributed by atoms with Crippen LogP contribution in [0.1, 0.15) is 21.9 Å². The van der Waals surface area contributed by atoms with Crippen LogP contribution in [0.25, 0.3) is 10.2 Å². The minimum absolute atomic E-state index is 0.180. The van der Waals surface area contributed by atoms with Crippen LogP contribution in [-0.4, -0.2) is 21.0 Å². The molecule has 0 unspecified atom stereocenters. The first kappa shape index (κ1) is 16.9. The predicted molar refractivity (Wildman–Crippen MR) is 103 cm³/mol. The summed E-state index contributed by atoms with van der Waals surface area (Å²) in [6.45, 7) is 2.07. The molecule has 130 valence electrons.